The summed E-state index contributed by atoms with van der Waals surface area (Å²) >= 11 is 0. The van der Waals surface area contributed by atoms with Crippen molar-refractivity contribution in [2.45, 2.75) is 44.1 Å². The van der Waals surface area contributed by atoms with Gasteiger partial charge in [0.2, 0.25) is 5.91 Å². The van der Waals surface area contributed by atoms with Gasteiger partial charge in [0.25, 0.3) is 5.91 Å². The summed E-state index contributed by atoms with van der Waals surface area (Å²) in [5.41, 5.74) is 4.53. The van der Waals surface area contributed by atoms with E-state index in [0.29, 0.717) is 12.8 Å². The fourth-order valence-corrected chi connectivity index (χ4v) is 2.96. The number of phenolic OH excluding ortho intramolecular Hbond substituents is 1. The van der Waals surface area contributed by atoms with Crippen molar-refractivity contribution >= 4 is 11.8 Å². The minimum absolute atomic E-state index is 0.0230. The van der Waals surface area contributed by atoms with Gasteiger partial charge in [-0.15, -0.1) is 0 Å². The van der Waals surface area contributed by atoms with Gasteiger partial charge in [-0.1, -0.05) is 31.7 Å². The van der Waals surface area contributed by atoms with Crippen LogP contribution in [0.15, 0.2) is 18.2 Å². The van der Waals surface area contributed by atoms with Crippen molar-refractivity contribution in [1.82, 2.24) is 5.32 Å². The number of ether oxygens (including phenoxy) is 1. The minimum atomic E-state index is -1.05. The van der Waals surface area contributed by atoms with Gasteiger partial charge < -0.3 is 20.9 Å². The number of methoxy groups -OCH3 is 1. The Morgan fingerprint density at radius 1 is 1.23 bits per heavy atom. The topological polar surface area (TPSA) is 102 Å². The Kier molecular flexibility index (Phi) is 4.90. The van der Waals surface area contributed by atoms with E-state index in [1.807, 2.05) is 0 Å². The zero-order valence-corrected chi connectivity index (χ0v) is 12.7. The predicted molar refractivity (Wildman–Crippen MR) is 81.8 cm³/mol. The Morgan fingerprint density at radius 2 is 1.86 bits per heavy atom. The Bertz CT molecular complexity index is 563. The average Bonchev–Trinajstić information content (AvgIpc) is 2.73. The molecule has 0 heterocycles. The molecule has 6 nitrogen and oxygen atoms in total. The summed E-state index contributed by atoms with van der Waals surface area (Å²) in [6.45, 7) is 0. The number of carbonyl (C=O) groups excluding carboxylic acids is 2. The maximum atomic E-state index is 12.6. The van der Waals surface area contributed by atoms with Gasteiger partial charge in [-0.3, -0.25) is 9.59 Å². The second-order valence-electron chi connectivity index (χ2n) is 5.67. The summed E-state index contributed by atoms with van der Waals surface area (Å²) in [7, 11) is 1.42. The van der Waals surface area contributed by atoms with Gasteiger partial charge in [0.15, 0.2) is 0 Å². The SMILES string of the molecule is COc1cccc(O)c1C(=O)NC1(C(N)=O)CCCCCC1. The molecule has 4 N–H and O–H groups in total. The van der Waals surface area contributed by atoms with Gasteiger partial charge in [0.1, 0.15) is 22.6 Å². The van der Waals surface area contributed by atoms with Crippen molar-refractivity contribution in [3.63, 3.8) is 0 Å². The monoisotopic (exact) mass is 306 g/mol. The van der Waals surface area contributed by atoms with Crippen molar-refractivity contribution in [3.05, 3.63) is 23.8 Å². The Morgan fingerprint density at radius 3 is 2.41 bits per heavy atom. The molecule has 0 saturated heterocycles. The molecule has 0 aromatic heterocycles. The molecule has 1 aliphatic rings. The van der Waals surface area contributed by atoms with Crippen LogP contribution >= 0.6 is 0 Å². The molecular weight excluding hydrogens is 284 g/mol. The van der Waals surface area contributed by atoms with E-state index >= 15 is 0 Å². The van der Waals surface area contributed by atoms with Crippen molar-refractivity contribution in [1.29, 1.82) is 0 Å². The first-order chi connectivity index (χ1) is 10.5. The maximum Gasteiger partial charge on any atom is 0.259 e. The van der Waals surface area contributed by atoms with Gasteiger partial charge >= 0.3 is 0 Å². The molecule has 0 spiro atoms. The number of nitrogens with two attached hydrogens (primary N) is 1. The molecule has 2 rings (SSSR count). The molecule has 22 heavy (non-hydrogen) atoms. The van der Waals surface area contributed by atoms with Gasteiger partial charge in [-0.25, -0.2) is 0 Å². The third-order valence-corrected chi connectivity index (χ3v) is 4.23. The first-order valence-corrected chi connectivity index (χ1v) is 7.48. The predicted octanol–water partition coefficient (Wildman–Crippen LogP) is 1.71. The van der Waals surface area contributed by atoms with Crippen LogP contribution in [-0.2, 0) is 4.79 Å². The van der Waals surface area contributed by atoms with E-state index in [2.05, 4.69) is 5.32 Å². The van der Waals surface area contributed by atoms with Crippen molar-refractivity contribution in [2.75, 3.05) is 7.11 Å². The number of hydrogen-bond acceptors (Lipinski definition) is 4. The first kappa shape index (κ1) is 16.1. The summed E-state index contributed by atoms with van der Waals surface area (Å²) in [6.07, 6.45) is 4.74. The van der Waals surface area contributed by atoms with Crippen molar-refractivity contribution in [3.8, 4) is 11.5 Å². The maximum absolute atomic E-state index is 12.6. The van der Waals surface area contributed by atoms with Gasteiger partial charge in [0.05, 0.1) is 7.11 Å². The summed E-state index contributed by atoms with van der Waals surface area (Å²) in [5, 5.41) is 12.7. The lowest BCUT2D eigenvalue weighted by Crippen LogP contribution is -2.57. The van der Waals surface area contributed by atoms with Crippen molar-refractivity contribution in [2.24, 2.45) is 5.73 Å². The van der Waals surface area contributed by atoms with Crippen molar-refractivity contribution < 1.29 is 19.4 Å². The second-order valence-corrected chi connectivity index (χ2v) is 5.67. The van der Waals surface area contributed by atoms with Crippen LogP contribution in [0, 0.1) is 0 Å². The van der Waals surface area contributed by atoms with E-state index in [1.165, 1.54) is 13.2 Å². The van der Waals surface area contributed by atoms with Crippen LogP contribution in [0.4, 0.5) is 0 Å². The number of rotatable bonds is 4. The van der Waals surface area contributed by atoms with Gasteiger partial charge in [-0.2, -0.15) is 0 Å². The number of aromatic hydroxyl groups is 1. The fraction of sp³-hybridized carbons (Fsp3) is 0.500. The molecule has 120 valence electrons. The highest BCUT2D eigenvalue weighted by atomic mass is 16.5. The van der Waals surface area contributed by atoms with Crippen LogP contribution in [0.5, 0.6) is 11.5 Å². The summed E-state index contributed by atoms with van der Waals surface area (Å²) in [5.74, 6) is -1.01. The number of hydrogen-bond donors (Lipinski definition) is 3. The molecule has 1 aromatic carbocycles. The van der Waals surface area contributed by atoms with Crippen LogP contribution in [0.3, 0.4) is 0 Å². The Labute approximate surface area is 129 Å². The largest absolute Gasteiger partial charge is 0.507 e. The summed E-state index contributed by atoms with van der Waals surface area (Å²) in [6, 6.07) is 4.57. The Hall–Kier alpha value is -2.24. The molecule has 0 unspecified atom stereocenters. The number of amides is 2. The molecular formula is C16H22N2O4. The number of nitrogens with one attached hydrogen (secondary N) is 1. The number of carbonyl (C=O) groups is 2. The second kappa shape index (κ2) is 6.68. The quantitative estimate of drug-likeness (QED) is 0.737. The molecule has 1 fully saturated rings. The lowest BCUT2D eigenvalue weighted by Gasteiger charge is -2.30. The van der Waals surface area contributed by atoms with Gasteiger partial charge in [0, 0.05) is 0 Å². The average molecular weight is 306 g/mol. The van der Waals surface area contributed by atoms with E-state index in [9.17, 15) is 14.7 Å². The molecule has 0 aliphatic heterocycles. The third-order valence-electron chi connectivity index (χ3n) is 4.23. The molecule has 2 amide bonds. The molecule has 1 aliphatic carbocycles. The number of primary amides is 1. The third kappa shape index (κ3) is 3.16. The van der Waals surface area contributed by atoms with Crippen LogP contribution < -0.4 is 15.8 Å². The summed E-state index contributed by atoms with van der Waals surface area (Å²) < 4.78 is 5.12. The number of benzene rings is 1. The zero-order chi connectivity index (χ0) is 16.2. The van der Waals surface area contributed by atoms with Crippen LogP contribution in [0.2, 0.25) is 0 Å². The van der Waals surface area contributed by atoms with E-state index in [4.69, 9.17) is 10.5 Å². The fourth-order valence-electron chi connectivity index (χ4n) is 2.96. The molecule has 6 heteroatoms. The highest BCUT2D eigenvalue weighted by Crippen LogP contribution is 2.31. The van der Waals surface area contributed by atoms with Crippen LogP contribution in [0.1, 0.15) is 48.9 Å². The number of phenols is 1. The standard InChI is InChI=1S/C16H22N2O4/c1-22-12-8-6-7-11(19)13(12)14(20)18-16(15(17)21)9-4-2-3-5-10-16/h6-8,19H,2-5,9-10H2,1H3,(H2,17,21)(H,18,20). The van der Waals surface area contributed by atoms with E-state index in [-0.39, 0.29) is 17.1 Å². The lowest BCUT2D eigenvalue weighted by atomic mass is 9.89. The zero-order valence-electron chi connectivity index (χ0n) is 12.7. The minimum Gasteiger partial charge on any atom is -0.507 e. The molecule has 0 radical (unpaired) electrons. The molecule has 1 aromatic rings. The van der Waals surface area contributed by atoms with Gasteiger partial charge in [-0.05, 0) is 25.0 Å². The van der Waals surface area contributed by atoms with E-state index in [1.54, 1.807) is 12.1 Å². The molecule has 0 bridgehead atoms. The highest BCUT2D eigenvalue weighted by molar-refractivity contribution is 6.02. The first-order valence-electron chi connectivity index (χ1n) is 7.48. The Balaban J connectivity index is 2.31. The lowest BCUT2D eigenvalue weighted by molar-refractivity contribution is -0.124. The smallest absolute Gasteiger partial charge is 0.259 e. The summed E-state index contributed by atoms with van der Waals surface area (Å²) in [4.78, 5) is 24.5. The van der Waals surface area contributed by atoms with Crippen LogP contribution in [0.25, 0.3) is 0 Å². The molecule has 0 atom stereocenters. The molecule has 1 saturated carbocycles. The van der Waals surface area contributed by atoms with E-state index < -0.39 is 17.4 Å². The normalized spacial score (nSPS) is 17.3. The van der Waals surface area contributed by atoms with Crippen LogP contribution in [-0.4, -0.2) is 29.6 Å². The highest BCUT2D eigenvalue weighted by Gasteiger charge is 2.39. The van der Waals surface area contributed by atoms with E-state index in [0.717, 1.165) is 25.7 Å².